The van der Waals surface area contributed by atoms with Crippen LogP contribution in [0.2, 0.25) is 0 Å². The molecule has 6 heteroatoms. The summed E-state index contributed by atoms with van der Waals surface area (Å²) in [7, 11) is -3.34. The van der Waals surface area contributed by atoms with Crippen molar-refractivity contribution in [1.29, 1.82) is 0 Å². The van der Waals surface area contributed by atoms with Gasteiger partial charge in [0.25, 0.3) is 0 Å². The van der Waals surface area contributed by atoms with E-state index in [0.29, 0.717) is 25.3 Å². The summed E-state index contributed by atoms with van der Waals surface area (Å²) in [5, 5.41) is -0.606. The van der Waals surface area contributed by atoms with Gasteiger partial charge in [0.2, 0.25) is 10.0 Å². The van der Waals surface area contributed by atoms with Crippen molar-refractivity contribution < 1.29 is 8.42 Å². The number of hydrogen-bond acceptors (Lipinski definition) is 4. The number of pyridine rings is 1. The molecule has 106 valence electrons. The van der Waals surface area contributed by atoms with Crippen LogP contribution in [0.5, 0.6) is 0 Å². The number of nitrogens with zero attached hydrogens (tertiary/aromatic N) is 2. The quantitative estimate of drug-likeness (QED) is 0.899. The molecule has 0 amide bonds. The molecule has 1 saturated heterocycles. The van der Waals surface area contributed by atoms with Gasteiger partial charge in [0.1, 0.15) is 5.25 Å². The fraction of sp³-hybridized carbons (Fsp3) is 0.615. The standard InChI is InChI=1S/C13H21N3O2S/c1-11(13-6-2-3-7-15-13)19(17,18)16-8-4-5-12(9-14)10-16/h2-3,6-7,11-12H,4-5,8-10,14H2,1H3/t11-,12-/m0/s1. The third kappa shape index (κ3) is 3.13. The summed E-state index contributed by atoms with van der Waals surface area (Å²) in [6.45, 7) is 3.37. The summed E-state index contributed by atoms with van der Waals surface area (Å²) < 4.78 is 26.8. The number of aromatic nitrogens is 1. The van der Waals surface area contributed by atoms with Crippen molar-refractivity contribution in [3.63, 3.8) is 0 Å². The normalized spacial score (nSPS) is 23.2. The minimum Gasteiger partial charge on any atom is -0.330 e. The zero-order valence-electron chi connectivity index (χ0n) is 11.2. The first kappa shape index (κ1) is 14.4. The lowest BCUT2D eigenvalue weighted by Gasteiger charge is -2.33. The highest BCUT2D eigenvalue weighted by Gasteiger charge is 2.33. The van der Waals surface area contributed by atoms with E-state index in [1.807, 2.05) is 6.07 Å². The number of sulfonamides is 1. The summed E-state index contributed by atoms with van der Waals surface area (Å²) in [6.07, 6.45) is 3.52. The van der Waals surface area contributed by atoms with Crippen molar-refractivity contribution in [2.75, 3.05) is 19.6 Å². The van der Waals surface area contributed by atoms with E-state index < -0.39 is 15.3 Å². The first-order chi connectivity index (χ1) is 9.05. The summed E-state index contributed by atoms with van der Waals surface area (Å²) in [5.41, 5.74) is 6.26. The van der Waals surface area contributed by atoms with Crippen molar-refractivity contribution in [1.82, 2.24) is 9.29 Å². The van der Waals surface area contributed by atoms with Gasteiger partial charge in [-0.2, -0.15) is 0 Å². The number of hydrogen-bond donors (Lipinski definition) is 1. The molecule has 0 spiro atoms. The van der Waals surface area contributed by atoms with Crippen LogP contribution >= 0.6 is 0 Å². The van der Waals surface area contributed by atoms with Crippen LogP contribution in [0.4, 0.5) is 0 Å². The Morgan fingerprint density at radius 1 is 1.53 bits per heavy atom. The van der Waals surface area contributed by atoms with Crippen molar-refractivity contribution in [3.05, 3.63) is 30.1 Å². The molecule has 2 heterocycles. The van der Waals surface area contributed by atoms with Gasteiger partial charge in [0.15, 0.2) is 0 Å². The Balaban J connectivity index is 2.18. The van der Waals surface area contributed by atoms with Crippen LogP contribution < -0.4 is 5.73 Å². The molecule has 2 N–H and O–H groups in total. The predicted molar refractivity (Wildman–Crippen MR) is 74.9 cm³/mol. The molecule has 1 aromatic heterocycles. The molecule has 1 fully saturated rings. The first-order valence-corrected chi connectivity index (χ1v) is 8.16. The van der Waals surface area contributed by atoms with E-state index in [9.17, 15) is 8.42 Å². The maximum atomic E-state index is 12.6. The van der Waals surface area contributed by atoms with Crippen molar-refractivity contribution in [3.8, 4) is 0 Å². The van der Waals surface area contributed by atoms with E-state index in [0.717, 1.165) is 12.8 Å². The molecular weight excluding hydrogens is 262 g/mol. The Labute approximate surface area is 114 Å². The molecule has 2 atom stereocenters. The van der Waals surface area contributed by atoms with Gasteiger partial charge in [-0.1, -0.05) is 6.07 Å². The van der Waals surface area contributed by atoms with Gasteiger partial charge in [-0.25, -0.2) is 12.7 Å². The minimum absolute atomic E-state index is 0.277. The zero-order valence-corrected chi connectivity index (χ0v) is 12.0. The summed E-state index contributed by atoms with van der Waals surface area (Å²) in [5.74, 6) is 0.277. The predicted octanol–water partition coefficient (Wildman–Crippen LogP) is 1.14. The second kappa shape index (κ2) is 5.98. The molecule has 1 aliphatic rings. The van der Waals surface area contributed by atoms with Gasteiger partial charge >= 0.3 is 0 Å². The lowest BCUT2D eigenvalue weighted by molar-refractivity contribution is 0.269. The van der Waals surface area contributed by atoms with Crippen molar-refractivity contribution in [2.45, 2.75) is 25.0 Å². The van der Waals surface area contributed by atoms with Crippen LogP contribution in [0.3, 0.4) is 0 Å². The topological polar surface area (TPSA) is 76.3 Å². The third-order valence-corrected chi connectivity index (χ3v) is 5.91. The minimum atomic E-state index is -3.34. The lowest BCUT2D eigenvalue weighted by Crippen LogP contribution is -2.43. The maximum Gasteiger partial charge on any atom is 0.222 e. The van der Waals surface area contributed by atoms with Gasteiger partial charge in [0, 0.05) is 19.3 Å². The van der Waals surface area contributed by atoms with Gasteiger partial charge in [-0.3, -0.25) is 4.98 Å². The average molecular weight is 283 g/mol. The Bertz CT molecular complexity index is 504. The number of nitrogens with two attached hydrogens (primary N) is 1. The molecule has 0 unspecified atom stereocenters. The Morgan fingerprint density at radius 3 is 2.95 bits per heavy atom. The highest BCUT2D eigenvalue weighted by Crippen LogP contribution is 2.27. The molecule has 5 nitrogen and oxygen atoms in total. The highest BCUT2D eigenvalue weighted by molar-refractivity contribution is 7.89. The SMILES string of the molecule is C[C@@H](c1ccccn1)S(=O)(=O)N1CCC[C@@H](CN)C1. The van der Waals surface area contributed by atoms with Crippen LogP contribution in [0, 0.1) is 5.92 Å². The second-order valence-electron chi connectivity index (χ2n) is 5.04. The number of rotatable bonds is 4. The molecule has 1 aromatic rings. The molecule has 19 heavy (non-hydrogen) atoms. The molecule has 0 saturated carbocycles. The van der Waals surface area contributed by atoms with E-state index in [1.165, 1.54) is 0 Å². The van der Waals surface area contributed by atoms with E-state index >= 15 is 0 Å². The van der Waals surface area contributed by atoms with Crippen LogP contribution in [-0.4, -0.2) is 37.3 Å². The van der Waals surface area contributed by atoms with Crippen LogP contribution in [0.1, 0.15) is 30.7 Å². The van der Waals surface area contributed by atoms with Gasteiger partial charge in [0.05, 0.1) is 5.69 Å². The van der Waals surface area contributed by atoms with E-state index in [1.54, 1.807) is 29.6 Å². The molecular formula is C13H21N3O2S. The lowest BCUT2D eigenvalue weighted by atomic mass is 10.0. The Morgan fingerprint density at radius 2 is 2.32 bits per heavy atom. The molecule has 0 aromatic carbocycles. The molecule has 1 aliphatic heterocycles. The average Bonchev–Trinajstić information content (AvgIpc) is 2.47. The van der Waals surface area contributed by atoms with Gasteiger partial charge in [-0.15, -0.1) is 0 Å². The summed E-state index contributed by atoms with van der Waals surface area (Å²) in [4.78, 5) is 4.15. The molecule has 0 bridgehead atoms. The van der Waals surface area contributed by atoms with Crippen molar-refractivity contribution in [2.24, 2.45) is 11.7 Å². The monoisotopic (exact) mass is 283 g/mol. The number of piperidine rings is 1. The largest absolute Gasteiger partial charge is 0.330 e. The van der Waals surface area contributed by atoms with Gasteiger partial charge in [-0.05, 0) is 44.4 Å². The summed E-state index contributed by atoms with van der Waals surface area (Å²) in [6, 6.07) is 5.36. The first-order valence-electron chi connectivity index (χ1n) is 6.65. The Hall–Kier alpha value is -0.980. The van der Waals surface area contributed by atoms with Crippen LogP contribution in [0.15, 0.2) is 24.4 Å². The fourth-order valence-corrected chi connectivity index (χ4v) is 4.14. The second-order valence-corrected chi connectivity index (χ2v) is 7.30. The zero-order chi connectivity index (χ0) is 13.9. The van der Waals surface area contributed by atoms with Crippen LogP contribution in [0.25, 0.3) is 0 Å². The maximum absolute atomic E-state index is 12.6. The molecule has 0 radical (unpaired) electrons. The molecule has 2 rings (SSSR count). The van der Waals surface area contributed by atoms with E-state index in [4.69, 9.17) is 5.73 Å². The summed E-state index contributed by atoms with van der Waals surface area (Å²) >= 11 is 0. The Kier molecular flexibility index (Phi) is 4.54. The van der Waals surface area contributed by atoms with Gasteiger partial charge < -0.3 is 5.73 Å². The van der Waals surface area contributed by atoms with Crippen molar-refractivity contribution >= 4 is 10.0 Å². The highest BCUT2D eigenvalue weighted by atomic mass is 32.2. The van der Waals surface area contributed by atoms with E-state index in [-0.39, 0.29) is 5.92 Å². The van der Waals surface area contributed by atoms with Crippen LogP contribution in [-0.2, 0) is 10.0 Å². The smallest absolute Gasteiger partial charge is 0.222 e. The fourth-order valence-electron chi connectivity index (χ4n) is 2.44. The molecule has 0 aliphatic carbocycles. The van der Waals surface area contributed by atoms with E-state index in [2.05, 4.69) is 4.98 Å². The third-order valence-electron chi connectivity index (χ3n) is 3.73.